The molecule has 9 nitrogen and oxygen atoms in total. The van der Waals surface area contributed by atoms with Gasteiger partial charge in [0.05, 0.1) is 12.1 Å². The lowest BCUT2D eigenvalue weighted by Gasteiger charge is -2.16. The van der Waals surface area contributed by atoms with Crippen LogP contribution in [0.2, 0.25) is 0 Å². The maximum absolute atomic E-state index is 12.5. The molecule has 1 saturated heterocycles. The molecule has 3 heterocycles. The van der Waals surface area contributed by atoms with E-state index in [1.165, 1.54) is 0 Å². The number of hydrogen-bond donors (Lipinski definition) is 1. The Labute approximate surface area is 145 Å². The van der Waals surface area contributed by atoms with Crippen LogP contribution in [-0.2, 0) is 23.2 Å². The maximum atomic E-state index is 12.5. The number of carboxylic acids is 1. The van der Waals surface area contributed by atoms with Crippen LogP contribution in [0, 0.1) is 5.92 Å². The Morgan fingerprint density at radius 2 is 2.20 bits per heavy atom. The van der Waals surface area contributed by atoms with E-state index in [9.17, 15) is 9.59 Å². The minimum Gasteiger partial charge on any atom is -0.481 e. The largest absolute Gasteiger partial charge is 0.481 e. The second kappa shape index (κ2) is 7.45. The van der Waals surface area contributed by atoms with Crippen LogP contribution in [0.15, 0.2) is 24.7 Å². The predicted molar refractivity (Wildman–Crippen MR) is 87.5 cm³/mol. The third-order valence-corrected chi connectivity index (χ3v) is 4.57. The van der Waals surface area contributed by atoms with Crippen LogP contribution in [0.1, 0.15) is 30.9 Å². The van der Waals surface area contributed by atoms with Crippen molar-refractivity contribution in [3.05, 3.63) is 30.4 Å². The molecule has 0 aromatic carbocycles. The highest BCUT2D eigenvalue weighted by atomic mass is 16.4. The number of carbonyl (C=O) groups excluding carboxylic acids is 1. The van der Waals surface area contributed by atoms with Gasteiger partial charge < -0.3 is 10.0 Å². The van der Waals surface area contributed by atoms with E-state index in [0.717, 1.165) is 5.69 Å². The molecule has 9 heteroatoms. The first-order valence-electron chi connectivity index (χ1n) is 8.36. The number of rotatable bonds is 7. The maximum Gasteiger partial charge on any atom is 0.303 e. The number of nitrogens with zero attached hydrogens (tertiary/aromatic N) is 6. The molecule has 1 N–H and O–H groups in total. The summed E-state index contributed by atoms with van der Waals surface area (Å²) in [5, 5.41) is 21.3. The van der Waals surface area contributed by atoms with E-state index >= 15 is 0 Å². The molecule has 0 unspecified atom stereocenters. The molecule has 0 spiro atoms. The van der Waals surface area contributed by atoms with Crippen molar-refractivity contribution in [2.24, 2.45) is 13.0 Å². The minimum absolute atomic E-state index is 0.0261. The quantitative estimate of drug-likeness (QED) is 0.783. The molecule has 25 heavy (non-hydrogen) atoms. The fraction of sp³-hybridized carbons (Fsp3) is 0.562. The number of amides is 1. The summed E-state index contributed by atoms with van der Waals surface area (Å²) in [6, 6.07) is 1.85. The normalized spacial score (nSPS) is 20.1. The van der Waals surface area contributed by atoms with Crippen molar-refractivity contribution in [2.75, 3.05) is 13.1 Å². The molecule has 2 atom stereocenters. The van der Waals surface area contributed by atoms with Crippen LogP contribution in [0.4, 0.5) is 0 Å². The van der Waals surface area contributed by atoms with Gasteiger partial charge in [-0.05, 0) is 18.4 Å². The average molecular weight is 346 g/mol. The zero-order valence-electron chi connectivity index (χ0n) is 14.2. The van der Waals surface area contributed by atoms with Crippen LogP contribution in [0.25, 0.3) is 0 Å². The second-order valence-corrected chi connectivity index (χ2v) is 6.45. The van der Waals surface area contributed by atoms with Crippen molar-refractivity contribution >= 4 is 11.9 Å². The molecule has 0 bridgehead atoms. The van der Waals surface area contributed by atoms with Crippen LogP contribution >= 0.6 is 0 Å². The van der Waals surface area contributed by atoms with E-state index in [0.29, 0.717) is 32.5 Å². The van der Waals surface area contributed by atoms with E-state index in [2.05, 4.69) is 15.4 Å². The minimum atomic E-state index is -0.855. The summed E-state index contributed by atoms with van der Waals surface area (Å²) in [5.41, 5.74) is 0.751. The lowest BCUT2D eigenvalue weighted by molar-refractivity contribution is -0.138. The van der Waals surface area contributed by atoms with Crippen molar-refractivity contribution in [1.82, 2.24) is 29.7 Å². The molecular weight excluding hydrogens is 324 g/mol. The van der Waals surface area contributed by atoms with Gasteiger partial charge in [-0.1, -0.05) is 5.21 Å². The molecule has 0 radical (unpaired) electrons. The first-order chi connectivity index (χ1) is 12.0. The van der Waals surface area contributed by atoms with Crippen LogP contribution in [0.3, 0.4) is 0 Å². The molecular formula is C16H22N6O3. The van der Waals surface area contributed by atoms with E-state index in [1.807, 2.05) is 12.3 Å². The molecule has 3 rings (SSSR count). The Balaban J connectivity index is 1.59. The number of hydrogen-bond acceptors (Lipinski definition) is 5. The Kier molecular flexibility index (Phi) is 5.11. The predicted octanol–water partition coefficient (Wildman–Crippen LogP) is 0.509. The number of carbonyl (C=O) groups is 2. The summed E-state index contributed by atoms with van der Waals surface area (Å²) < 4.78 is 3.40. The van der Waals surface area contributed by atoms with E-state index in [-0.39, 0.29) is 24.2 Å². The second-order valence-electron chi connectivity index (χ2n) is 6.45. The number of likely N-dealkylation sites (tertiary alicyclic amines) is 1. The van der Waals surface area contributed by atoms with Crippen molar-refractivity contribution in [1.29, 1.82) is 0 Å². The molecule has 1 aliphatic rings. The van der Waals surface area contributed by atoms with E-state index in [1.54, 1.807) is 33.7 Å². The van der Waals surface area contributed by atoms with Crippen molar-refractivity contribution < 1.29 is 14.7 Å². The van der Waals surface area contributed by atoms with E-state index in [4.69, 9.17) is 5.11 Å². The van der Waals surface area contributed by atoms with Gasteiger partial charge in [0.1, 0.15) is 0 Å². The summed E-state index contributed by atoms with van der Waals surface area (Å²) in [5.74, 6) is -1.02. The third kappa shape index (κ3) is 4.23. The molecule has 2 aromatic heterocycles. The monoisotopic (exact) mass is 346 g/mol. The Morgan fingerprint density at radius 3 is 2.84 bits per heavy atom. The van der Waals surface area contributed by atoms with Crippen LogP contribution in [-0.4, -0.2) is 59.7 Å². The van der Waals surface area contributed by atoms with Gasteiger partial charge in [0.25, 0.3) is 0 Å². The van der Waals surface area contributed by atoms with Gasteiger partial charge in [-0.25, -0.2) is 0 Å². The molecule has 1 amide bonds. The van der Waals surface area contributed by atoms with Crippen molar-refractivity contribution in [3.8, 4) is 0 Å². The summed E-state index contributed by atoms with van der Waals surface area (Å²) in [4.78, 5) is 25.4. The van der Waals surface area contributed by atoms with Gasteiger partial charge in [0, 0.05) is 57.6 Å². The fourth-order valence-electron chi connectivity index (χ4n) is 3.36. The highest BCUT2D eigenvalue weighted by Gasteiger charge is 2.38. The van der Waals surface area contributed by atoms with Crippen LogP contribution < -0.4 is 0 Å². The molecule has 1 aliphatic heterocycles. The summed E-state index contributed by atoms with van der Waals surface area (Å²) >= 11 is 0. The average Bonchev–Trinajstić information content (AvgIpc) is 3.27. The van der Waals surface area contributed by atoms with Crippen LogP contribution in [0.5, 0.6) is 0 Å². The number of aryl methyl sites for hydroxylation is 2. The van der Waals surface area contributed by atoms with Gasteiger partial charge in [0.15, 0.2) is 0 Å². The summed E-state index contributed by atoms with van der Waals surface area (Å²) in [6.45, 7) is 1.64. The topological polar surface area (TPSA) is 106 Å². The molecule has 1 fully saturated rings. The van der Waals surface area contributed by atoms with Gasteiger partial charge in [-0.2, -0.15) is 5.10 Å². The van der Waals surface area contributed by atoms with Gasteiger partial charge >= 0.3 is 5.97 Å². The third-order valence-electron chi connectivity index (χ3n) is 4.57. The van der Waals surface area contributed by atoms with Crippen molar-refractivity contribution in [3.63, 3.8) is 0 Å². The number of carboxylic acid groups (broad SMARTS) is 1. The lowest BCUT2D eigenvalue weighted by atomic mass is 9.91. The number of aliphatic carboxylic acids is 1. The SMILES string of the molecule is Cn1cc([C@@H]2CN(C(=O)CCCn3cccn3)C[C@@H]2CC(=O)O)nn1. The lowest BCUT2D eigenvalue weighted by Crippen LogP contribution is -2.29. The fourth-order valence-corrected chi connectivity index (χ4v) is 3.36. The highest BCUT2D eigenvalue weighted by molar-refractivity contribution is 5.77. The molecule has 0 saturated carbocycles. The van der Waals surface area contributed by atoms with Crippen molar-refractivity contribution in [2.45, 2.75) is 31.7 Å². The van der Waals surface area contributed by atoms with E-state index < -0.39 is 5.97 Å². The Bertz CT molecular complexity index is 726. The standard InChI is InChI=1S/C16H22N6O3/c1-20-11-14(18-19-20)13-10-21(9-12(13)8-16(24)25)15(23)4-2-6-22-7-3-5-17-22/h3,5,7,11-13H,2,4,6,8-10H2,1H3,(H,24,25)/t12-,13+/m0/s1. The Hall–Kier alpha value is -2.71. The molecule has 134 valence electrons. The zero-order chi connectivity index (χ0) is 17.8. The first-order valence-corrected chi connectivity index (χ1v) is 8.36. The molecule has 2 aromatic rings. The Morgan fingerprint density at radius 1 is 1.36 bits per heavy atom. The number of aromatic nitrogens is 5. The zero-order valence-corrected chi connectivity index (χ0v) is 14.2. The first kappa shape index (κ1) is 17.1. The smallest absolute Gasteiger partial charge is 0.303 e. The van der Waals surface area contributed by atoms with Gasteiger partial charge in [-0.15, -0.1) is 5.10 Å². The van der Waals surface area contributed by atoms with Gasteiger partial charge in [-0.3, -0.25) is 19.0 Å². The summed E-state index contributed by atoms with van der Waals surface area (Å²) in [7, 11) is 1.77. The molecule has 0 aliphatic carbocycles. The highest BCUT2D eigenvalue weighted by Crippen LogP contribution is 2.34. The summed E-state index contributed by atoms with van der Waals surface area (Å²) in [6.07, 6.45) is 6.53. The van der Waals surface area contributed by atoms with Gasteiger partial charge in [0.2, 0.25) is 5.91 Å².